The predicted octanol–water partition coefficient (Wildman–Crippen LogP) is 4.08. The molecule has 0 radical (unpaired) electrons. The van der Waals surface area contributed by atoms with Crippen LogP contribution in [0.25, 0.3) is 0 Å². The van der Waals surface area contributed by atoms with Crippen LogP contribution in [-0.2, 0) is 4.79 Å². The first-order valence-corrected chi connectivity index (χ1v) is 11.7. The number of nitrogens with one attached hydrogen (secondary N) is 1. The average molecular weight is 412 g/mol. The minimum atomic E-state index is -0.728. The molecule has 1 atom stereocenters. The van der Waals surface area contributed by atoms with E-state index in [4.69, 9.17) is 0 Å². The van der Waals surface area contributed by atoms with E-state index in [-0.39, 0.29) is 17.9 Å². The van der Waals surface area contributed by atoms with E-state index >= 15 is 0 Å². The Balaban J connectivity index is 1.99. The smallest absolute Gasteiger partial charge is 0.255 e. The van der Waals surface area contributed by atoms with Gasteiger partial charge in [0.15, 0.2) is 6.04 Å². The van der Waals surface area contributed by atoms with Crippen molar-refractivity contribution >= 4 is 23.6 Å². The molecular formula is C23H29N3O2S. The van der Waals surface area contributed by atoms with Crippen molar-refractivity contribution < 1.29 is 9.59 Å². The van der Waals surface area contributed by atoms with E-state index in [1.807, 2.05) is 54.8 Å². The van der Waals surface area contributed by atoms with Gasteiger partial charge in [0.1, 0.15) is 0 Å². The predicted molar refractivity (Wildman–Crippen MR) is 118 cm³/mol. The first-order chi connectivity index (χ1) is 14.2. The molecule has 29 heavy (non-hydrogen) atoms. The number of pyridine rings is 1. The van der Waals surface area contributed by atoms with E-state index in [1.165, 1.54) is 6.42 Å². The van der Waals surface area contributed by atoms with Crippen molar-refractivity contribution in [3.8, 4) is 0 Å². The summed E-state index contributed by atoms with van der Waals surface area (Å²) in [7, 11) is 0. The number of nitrogens with zero attached hydrogens (tertiary/aromatic N) is 2. The van der Waals surface area contributed by atoms with Crippen molar-refractivity contribution in [3.05, 3.63) is 66.0 Å². The van der Waals surface area contributed by atoms with E-state index in [1.54, 1.807) is 22.9 Å². The first-order valence-electron chi connectivity index (χ1n) is 10.3. The molecular weight excluding hydrogens is 382 g/mol. The van der Waals surface area contributed by atoms with Crippen LogP contribution >= 0.6 is 11.8 Å². The molecule has 1 aromatic carbocycles. The van der Waals surface area contributed by atoms with Crippen LogP contribution in [0.1, 0.15) is 54.2 Å². The highest BCUT2D eigenvalue weighted by Crippen LogP contribution is 2.31. The summed E-state index contributed by atoms with van der Waals surface area (Å²) >= 11 is 1.68. The maximum Gasteiger partial charge on any atom is 0.255 e. The SMILES string of the molecule is CSCCNC(=O)C(c1ccccn1)N(C(=O)c1ccccc1)C1CCCCC1. The van der Waals surface area contributed by atoms with Gasteiger partial charge in [-0.3, -0.25) is 14.6 Å². The van der Waals surface area contributed by atoms with Gasteiger partial charge in [-0.15, -0.1) is 0 Å². The van der Waals surface area contributed by atoms with Gasteiger partial charge in [0.25, 0.3) is 5.91 Å². The molecule has 2 amide bonds. The molecule has 1 aliphatic carbocycles. The summed E-state index contributed by atoms with van der Waals surface area (Å²) in [6.07, 6.45) is 8.86. The molecule has 1 fully saturated rings. The second kappa shape index (κ2) is 11.0. The molecule has 1 saturated carbocycles. The second-order valence-electron chi connectivity index (χ2n) is 7.31. The van der Waals surface area contributed by atoms with Gasteiger partial charge in [-0.1, -0.05) is 43.5 Å². The van der Waals surface area contributed by atoms with E-state index < -0.39 is 6.04 Å². The molecule has 0 saturated heterocycles. The molecule has 0 spiro atoms. The molecule has 5 nitrogen and oxygen atoms in total. The lowest BCUT2D eigenvalue weighted by Gasteiger charge is -2.39. The average Bonchev–Trinajstić information content (AvgIpc) is 2.79. The van der Waals surface area contributed by atoms with Crippen molar-refractivity contribution in [2.24, 2.45) is 0 Å². The van der Waals surface area contributed by atoms with Crippen molar-refractivity contribution in [1.82, 2.24) is 15.2 Å². The molecule has 154 valence electrons. The number of hydrogen-bond acceptors (Lipinski definition) is 4. The Morgan fingerprint density at radius 3 is 2.48 bits per heavy atom. The fourth-order valence-electron chi connectivity index (χ4n) is 3.90. The monoisotopic (exact) mass is 411 g/mol. The Morgan fingerprint density at radius 1 is 1.10 bits per heavy atom. The number of amides is 2. The third kappa shape index (κ3) is 5.60. The van der Waals surface area contributed by atoms with Crippen LogP contribution in [-0.4, -0.2) is 46.3 Å². The van der Waals surface area contributed by atoms with Crippen LogP contribution in [0.15, 0.2) is 54.7 Å². The van der Waals surface area contributed by atoms with Crippen LogP contribution < -0.4 is 5.32 Å². The van der Waals surface area contributed by atoms with Crippen LogP contribution in [0.2, 0.25) is 0 Å². The molecule has 0 bridgehead atoms. The Hall–Kier alpha value is -2.34. The van der Waals surface area contributed by atoms with Crippen molar-refractivity contribution in [1.29, 1.82) is 0 Å². The topological polar surface area (TPSA) is 62.3 Å². The van der Waals surface area contributed by atoms with Crippen LogP contribution in [0.3, 0.4) is 0 Å². The highest BCUT2D eigenvalue weighted by atomic mass is 32.2. The Kier molecular flexibility index (Phi) is 8.11. The third-order valence-electron chi connectivity index (χ3n) is 5.32. The lowest BCUT2D eigenvalue weighted by atomic mass is 9.91. The number of carbonyl (C=O) groups is 2. The molecule has 0 aliphatic heterocycles. The summed E-state index contributed by atoms with van der Waals surface area (Å²) in [5.74, 6) is 0.567. The fraction of sp³-hybridized carbons (Fsp3) is 0.435. The van der Waals surface area contributed by atoms with E-state index in [0.29, 0.717) is 17.8 Å². The van der Waals surface area contributed by atoms with Gasteiger partial charge in [0.2, 0.25) is 5.91 Å². The molecule has 1 heterocycles. The summed E-state index contributed by atoms with van der Waals surface area (Å²) in [5, 5.41) is 3.01. The lowest BCUT2D eigenvalue weighted by Crippen LogP contribution is -2.50. The number of carbonyl (C=O) groups excluding carboxylic acids is 2. The number of thioether (sulfide) groups is 1. The highest BCUT2D eigenvalue weighted by Gasteiger charge is 2.37. The lowest BCUT2D eigenvalue weighted by molar-refractivity contribution is -0.126. The molecule has 6 heteroatoms. The molecule has 2 aromatic rings. The summed E-state index contributed by atoms with van der Waals surface area (Å²) in [6, 6.07) is 14.1. The van der Waals surface area contributed by atoms with E-state index in [2.05, 4.69) is 10.3 Å². The Bertz CT molecular complexity index is 779. The van der Waals surface area contributed by atoms with Gasteiger partial charge in [0, 0.05) is 30.1 Å². The summed E-state index contributed by atoms with van der Waals surface area (Å²) in [5.41, 5.74) is 1.22. The molecule has 3 rings (SSSR count). The fourth-order valence-corrected chi connectivity index (χ4v) is 4.20. The zero-order valence-corrected chi connectivity index (χ0v) is 17.7. The number of hydrogen-bond donors (Lipinski definition) is 1. The number of aromatic nitrogens is 1. The first kappa shape index (κ1) is 21.4. The van der Waals surface area contributed by atoms with Crippen LogP contribution in [0.5, 0.6) is 0 Å². The maximum atomic E-state index is 13.6. The standard InChI is InChI=1S/C23H29N3O2S/c1-29-17-16-25-22(27)21(20-14-8-9-15-24-20)26(19-12-6-3-7-13-19)23(28)18-10-4-2-5-11-18/h2,4-5,8-11,14-15,19,21H,3,6-7,12-13,16-17H2,1H3,(H,25,27). The Morgan fingerprint density at radius 2 is 1.83 bits per heavy atom. The van der Waals surface area contributed by atoms with Crippen molar-refractivity contribution in [2.75, 3.05) is 18.6 Å². The van der Waals surface area contributed by atoms with Gasteiger partial charge in [0.05, 0.1) is 5.69 Å². The van der Waals surface area contributed by atoms with Gasteiger partial charge in [-0.05, 0) is 43.4 Å². The van der Waals surface area contributed by atoms with Gasteiger partial charge in [-0.2, -0.15) is 11.8 Å². The molecule has 1 N–H and O–H groups in total. The quantitative estimate of drug-likeness (QED) is 0.665. The Labute approximate surface area is 177 Å². The van der Waals surface area contributed by atoms with Crippen LogP contribution in [0.4, 0.5) is 0 Å². The van der Waals surface area contributed by atoms with Crippen LogP contribution in [0, 0.1) is 0 Å². The van der Waals surface area contributed by atoms with Gasteiger partial charge >= 0.3 is 0 Å². The zero-order chi connectivity index (χ0) is 20.5. The minimum Gasteiger partial charge on any atom is -0.353 e. The third-order valence-corrected chi connectivity index (χ3v) is 5.94. The molecule has 1 unspecified atom stereocenters. The minimum absolute atomic E-state index is 0.0368. The van der Waals surface area contributed by atoms with Gasteiger partial charge < -0.3 is 10.2 Å². The summed E-state index contributed by atoms with van der Waals surface area (Å²) in [6.45, 7) is 0.571. The largest absolute Gasteiger partial charge is 0.353 e. The highest BCUT2D eigenvalue weighted by molar-refractivity contribution is 7.98. The van der Waals surface area contributed by atoms with Crippen molar-refractivity contribution in [3.63, 3.8) is 0 Å². The summed E-state index contributed by atoms with van der Waals surface area (Å²) in [4.78, 5) is 33.1. The normalized spacial score (nSPS) is 15.5. The van der Waals surface area contributed by atoms with Crippen molar-refractivity contribution in [2.45, 2.75) is 44.2 Å². The summed E-state index contributed by atoms with van der Waals surface area (Å²) < 4.78 is 0. The number of rotatable bonds is 8. The molecule has 1 aromatic heterocycles. The second-order valence-corrected chi connectivity index (χ2v) is 8.30. The van der Waals surface area contributed by atoms with Gasteiger partial charge in [-0.25, -0.2) is 0 Å². The number of benzene rings is 1. The van der Waals surface area contributed by atoms with E-state index in [0.717, 1.165) is 31.4 Å². The van der Waals surface area contributed by atoms with E-state index in [9.17, 15) is 9.59 Å². The maximum absolute atomic E-state index is 13.6. The zero-order valence-electron chi connectivity index (χ0n) is 16.9. The molecule has 1 aliphatic rings.